The van der Waals surface area contributed by atoms with Crippen LogP contribution in [0.1, 0.15) is 11.6 Å². The van der Waals surface area contributed by atoms with Crippen LogP contribution in [0.4, 0.5) is 0 Å². The molecule has 0 radical (unpaired) electrons. The van der Waals surface area contributed by atoms with Gasteiger partial charge >= 0.3 is 0 Å². The monoisotopic (exact) mass is 184 g/mol. The van der Waals surface area contributed by atoms with E-state index in [1.165, 1.54) is 19.2 Å². The summed E-state index contributed by atoms with van der Waals surface area (Å²) in [5.74, 6) is -0.186. The largest absolute Gasteiger partial charge is 0.495 e. The Balaban J connectivity index is 2.94. The fourth-order valence-corrected chi connectivity index (χ4v) is 1.04. The Morgan fingerprint density at radius 3 is 2.92 bits per heavy atom. The molecule has 0 aliphatic carbocycles. The minimum Gasteiger partial charge on any atom is -0.495 e. The molecular formula is C8H12N2O3. The van der Waals surface area contributed by atoms with Gasteiger partial charge < -0.3 is 15.6 Å². The number of aromatic hydroxyl groups is 1. The van der Waals surface area contributed by atoms with Crippen LogP contribution in [0.3, 0.4) is 0 Å². The first kappa shape index (κ1) is 9.76. The molecule has 0 aliphatic heterocycles. The van der Waals surface area contributed by atoms with Crippen molar-refractivity contribution in [2.45, 2.75) is 6.04 Å². The Bertz CT molecular complexity index is 334. The van der Waals surface area contributed by atoms with Gasteiger partial charge in [-0.05, 0) is 5.56 Å². The molecule has 13 heavy (non-hydrogen) atoms. The molecule has 4 N–H and O–H groups in total. The summed E-state index contributed by atoms with van der Waals surface area (Å²) < 4.78 is 4.82. The second kappa shape index (κ2) is 4.06. The number of hydrogen-bond donors (Lipinski definition) is 3. The number of nitrogens with two attached hydrogens (primary N) is 1. The van der Waals surface area contributed by atoms with Gasteiger partial charge in [0.1, 0.15) is 0 Å². The SMILES string of the molecule is COC[C@@H](N)c1cc(O)[nH]c(=O)c1. The molecule has 1 rings (SSSR count). The van der Waals surface area contributed by atoms with E-state index in [2.05, 4.69) is 4.98 Å². The summed E-state index contributed by atoms with van der Waals surface area (Å²) in [5, 5.41) is 9.06. The molecule has 0 spiro atoms. The maximum absolute atomic E-state index is 10.9. The van der Waals surface area contributed by atoms with E-state index in [9.17, 15) is 4.79 Å². The summed E-state index contributed by atoms with van der Waals surface area (Å²) in [5.41, 5.74) is 5.84. The summed E-state index contributed by atoms with van der Waals surface area (Å²) in [6.07, 6.45) is 0. The van der Waals surface area contributed by atoms with Crippen molar-refractivity contribution >= 4 is 0 Å². The summed E-state index contributed by atoms with van der Waals surface area (Å²) in [7, 11) is 1.52. The molecule has 5 heteroatoms. The number of H-pyrrole nitrogens is 1. The number of ether oxygens (including phenoxy) is 1. The van der Waals surface area contributed by atoms with Crippen molar-refractivity contribution in [3.05, 3.63) is 28.0 Å². The topological polar surface area (TPSA) is 88.3 Å². The lowest BCUT2D eigenvalue weighted by Crippen LogP contribution is -2.18. The zero-order chi connectivity index (χ0) is 9.84. The Morgan fingerprint density at radius 1 is 1.69 bits per heavy atom. The van der Waals surface area contributed by atoms with E-state index in [0.29, 0.717) is 12.2 Å². The Labute approximate surface area is 75.2 Å². The highest BCUT2D eigenvalue weighted by Gasteiger charge is 2.07. The second-order valence-electron chi connectivity index (χ2n) is 2.73. The van der Waals surface area contributed by atoms with Crippen LogP contribution in [-0.4, -0.2) is 23.8 Å². The van der Waals surface area contributed by atoms with E-state index in [4.69, 9.17) is 15.6 Å². The highest BCUT2D eigenvalue weighted by Crippen LogP contribution is 2.11. The molecule has 0 amide bonds. The summed E-state index contributed by atoms with van der Waals surface area (Å²) in [6.45, 7) is 0.308. The molecule has 0 bridgehead atoms. The van der Waals surface area contributed by atoms with Gasteiger partial charge in [0.25, 0.3) is 5.56 Å². The van der Waals surface area contributed by atoms with Gasteiger partial charge in [-0.1, -0.05) is 0 Å². The van der Waals surface area contributed by atoms with Gasteiger partial charge in [-0.3, -0.25) is 9.78 Å². The van der Waals surface area contributed by atoms with Gasteiger partial charge in [-0.25, -0.2) is 0 Å². The molecule has 0 unspecified atom stereocenters. The van der Waals surface area contributed by atoms with Gasteiger partial charge in [-0.2, -0.15) is 0 Å². The molecule has 1 aromatic heterocycles. The average molecular weight is 184 g/mol. The van der Waals surface area contributed by atoms with Crippen molar-refractivity contribution in [1.82, 2.24) is 4.98 Å². The number of pyridine rings is 1. The number of methoxy groups -OCH3 is 1. The van der Waals surface area contributed by atoms with Crippen LogP contribution < -0.4 is 11.3 Å². The van der Waals surface area contributed by atoms with Crippen LogP contribution in [0.25, 0.3) is 0 Å². The molecule has 0 aliphatic rings. The first-order valence-corrected chi connectivity index (χ1v) is 3.81. The third kappa shape index (κ3) is 2.57. The van der Waals surface area contributed by atoms with Crippen LogP contribution in [0.2, 0.25) is 0 Å². The van der Waals surface area contributed by atoms with Gasteiger partial charge in [-0.15, -0.1) is 0 Å². The molecule has 1 atom stereocenters. The van der Waals surface area contributed by atoms with E-state index in [0.717, 1.165) is 0 Å². The van der Waals surface area contributed by atoms with Crippen molar-refractivity contribution in [2.24, 2.45) is 5.73 Å². The van der Waals surface area contributed by atoms with Crippen LogP contribution in [0, 0.1) is 0 Å². The lowest BCUT2D eigenvalue weighted by Gasteiger charge is -2.09. The van der Waals surface area contributed by atoms with Crippen molar-refractivity contribution in [2.75, 3.05) is 13.7 Å². The third-order valence-electron chi connectivity index (χ3n) is 1.63. The van der Waals surface area contributed by atoms with Crippen LogP contribution in [-0.2, 0) is 4.74 Å². The molecule has 0 saturated heterocycles. The van der Waals surface area contributed by atoms with Crippen molar-refractivity contribution in [1.29, 1.82) is 0 Å². The number of rotatable bonds is 3. The lowest BCUT2D eigenvalue weighted by atomic mass is 10.1. The second-order valence-corrected chi connectivity index (χ2v) is 2.73. The number of hydrogen-bond acceptors (Lipinski definition) is 4. The van der Waals surface area contributed by atoms with Gasteiger partial charge in [0.05, 0.1) is 12.6 Å². The summed E-state index contributed by atoms with van der Waals surface area (Å²) in [4.78, 5) is 13.1. The fraction of sp³-hybridized carbons (Fsp3) is 0.375. The molecular weight excluding hydrogens is 172 g/mol. The number of nitrogens with one attached hydrogen (secondary N) is 1. The van der Waals surface area contributed by atoms with E-state index in [1.54, 1.807) is 0 Å². The molecule has 5 nitrogen and oxygen atoms in total. The maximum atomic E-state index is 10.9. The van der Waals surface area contributed by atoms with Crippen molar-refractivity contribution in [3.8, 4) is 5.88 Å². The smallest absolute Gasteiger partial charge is 0.251 e. The highest BCUT2D eigenvalue weighted by molar-refractivity contribution is 5.22. The standard InChI is InChI=1S/C8H12N2O3/c1-13-4-6(9)5-2-7(11)10-8(12)3-5/h2-3,6H,4,9H2,1H3,(H2,10,11,12)/t6-/m1/s1. The molecule has 1 aromatic rings. The fourth-order valence-electron chi connectivity index (χ4n) is 1.04. The van der Waals surface area contributed by atoms with Gasteiger partial charge in [0.2, 0.25) is 0 Å². The molecule has 0 saturated carbocycles. The predicted molar refractivity (Wildman–Crippen MR) is 47.5 cm³/mol. The molecule has 0 aromatic carbocycles. The molecule has 0 fully saturated rings. The van der Waals surface area contributed by atoms with E-state index in [-0.39, 0.29) is 11.4 Å². The van der Waals surface area contributed by atoms with Crippen LogP contribution >= 0.6 is 0 Å². The Morgan fingerprint density at radius 2 is 2.38 bits per heavy atom. The predicted octanol–water partition coefficient (Wildman–Crippen LogP) is -0.273. The zero-order valence-corrected chi connectivity index (χ0v) is 7.28. The van der Waals surface area contributed by atoms with Gasteiger partial charge in [0, 0.05) is 19.2 Å². The molecule has 72 valence electrons. The van der Waals surface area contributed by atoms with E-state index < -0.39 is 6.04 Å². The quantitative estimate of drug-likeness (QED) is 0.603. The Kier molecular flexibility index (Phi) is 3.05. The van der Waals surface area contributed by atoms with Crippen LogP contribution in [0.15, 0.2) is 16.9 Å². The Hall–Kier alpha value is -1.33. The third-order valence-corrected chi connectivity index (χ3v) is 1.63. The highest BCUT2D eigenvalue weighted by atomic mass is 16.5. The van der Waals surface area contributed by atoms with E-state index >= 15 is 0 Å². The first-order valence-electron chi connectivity index (χ1n) is 3.81. The van der Waals surface area contributed by atoms with Gasteiger partial charge in [0.15, 0.2) is 5.88 Å². The minimum absolute atomic E-state index is 0.186. The average Bonchev–Trinajstić information content (AvgIpc) is 2.03. The van der Waals surface area contributed by atoms with Crippen molar-refractivity contribution in [3.63, 3.8) is 0 Å². The maximum Gasteiger partial charge on any atom is 0.251 e. The van der Waals surface area contributed by atoms with Crippen molar-refractivity contribution < 1.29 is 9.84 Å². The minimum atomic E-state index is -0.391. The zero-order valence-electron chi connectivity index (χ0n) is 7.28. The molecule has 1 heterocycles. The number of aromatic nitrogens is 1. The normalized spacial score (nSPS) is 12.8. The first-order chi connectivity index (χ1) is 6.13. The van der Waals surface area contributed by atoms with Crippen LogP contribution in [0.5, 0.6) is 5.88 Å². The summed E-state index contributed by atoms with van der Waals surface area (Å²) in [6, 6.07) is 2.35. The summed E-state index contributed by atoms with van der Waals surface area (Å²) >= 11 is 0. The van der Waals surface area contributed by atoms with E-state index in [1.807, 2.05) is 0 Å². The lowest BCUT2D eigenvalue weighted by molar-refractivity contribution is 0.180. The number of aromatic amines is 1.